The third-order valence-corrected chi connectivity index (χ3v) is 3.94. The summed E-state index contributed by atoms with van der Waals surface area (Å²) in [5.41, 5.74) is 2.82. The second-order valence-corrected chi connectivity index (χ2v) is 5.70. The molecule has 1 aliphatic heterocycles. The SMILES string of the molecule is Cc1ccc(Cl)cc1NC(=O)C1COc2ccccc2C1. The number of hydrogen-bond donors (Lipinski definition) is 1. The molecule has 0 aromatic heterocycles. The minimum atomic E-state index is -0.182. The minimum Gasteiger partial charge on any atom is -0.492 e. The van der Waals surface area contributed by atoms with Crippen molar-refractivity contribution >= 4 is 23.2 Å². The highest BCUT2D eigenvalue weighted by molar-refractivity contribution is 6.31. The summed E-state index contributed by atoms with van der Waals surface area (Å²) in [5.74, 6) is 0.661. The molecule has 0 radical (unpaired) electrons. The van der Waals surface area contributed by atoms with Gasteiger partial charge in [0.05, 0.1) is 5.92 Å². The summed E-state index contributed by atoms with van der Waals surface area (Å²) in [4.78, 5) is 12.4. The number of anilines is 1. The van der Waals surface area contributed by atoms with E-state index in [0.717, 1.165) is 22.6 Å². The van der Waals surface area contributed by atoms with E-state index in [1.807, 2.05) is 43.3 Å². The van der Waals surface area contributed by atoms with Gasteiger partial charge in [-0.15, -0.1) is 0 Å². The number of amides is 1. The van der Waals surface area contributed by atoms with Gasteiger partial charge in [0.25, 0.3) is 0 Å². The molecular formula is C17H16ClNO2. The lowest BCUT2D eigenvalue weighted by Crippen LogP contribution is -2.32. The monoisotopic (exact) mass is 301 g/mol. The molecule has 0 spiro atoms. The van der Waals surface area contributed by atoms with Gasteiger partial charge in [-0.2, -0.15) is 0 Å². The van der Waals surface area contributed by atoms with Crippen molar-refractivity contribution < 1.29 is 9.53 Å². The molecule has 0 aliphatic carbocycles. The first-order valence-corrected chi connectivity index (χ1v) is 7.29. The number of carbonyl (C=O) groups is 1. The van der Waals surface area contributed by atoms with Crippen LogP contribution in [0.3, 0.4) is 0 Å². The highest BCUT2D eigenvalue weighted by atomic mass is 35.5. The molecule has 1 unspecified atom stereocenters. The number of nitrogens with one attached hydrogen (secondary N) is 1. The number of halogens is 1. The summed E-state index contributed by atoms with van der Waals surface area (Å²) in [7, 11) is 0. The van der Waals surface area contributed by atoms with E-state index >= 15 is 0 Å². The van der Waals surface area contributed by atoms with E-state index in [1.54, 1.807) is 6.07 Å². The van der Waals surface area contributed by atoms with Crippen molar-refractivity contribution in [3.63, 3.8) is 0 Å². The maximum atomic E-state index is 12.4. The Hall–Kier alpha value is -2.00. The van der Waals surface area contributed by atoms with E-state index in [4.69, 9.17) is 16.3 Å². The molecular weight excluding hydrogens is 286 g/mol. The Kier molecular flexibility index (Phi) is 3.84. The van der Waals surface area contributed by atoms with Gasteiger partial charge in [0.2, 0.25) is 5.91 Å². The van der Waals surface area contributed by atoms with E-state index in [-0.39, 0.29) is 11.8 Å². The predicted molar refractivity (Wildman–Crippen MR) is 83.9 cm³/mol. The summed E-state index contributed by atoms with van der Waals surface area (Å²) < 4.78 is 5.66. The standard InChI is InChI=1S/C17H16ClNO2/c1-11-6-7-14(18)9-15(11)19-17(20)13-8-12-4-2-3-5-16(12)21-10-13/h2-7,9,13H,8,10H2,1H3,(H,19,20). The molecule has 0 bridgehead atoms. The zero-order valence-corrected chi connectivity index (χ0v) is 12.5. The second kappa shape index (κ2) is 5.78. The Morgan fingerprint density at radius 3 is 2.95 bits per heavy atom. The second-order valence-electron chi connectivity index (χ2n) is 5.27. The van der Waals surface area contributed by atoms with Gasteiger partial charge in [-0.05, 0) is 42.7 Å². The Morgan fingerprint density at radius 1 is 1.29 bits per heavy atom. The fraction of sp³-hybridized carbons (Fsp3) is 0.235. The molecule has 3 rings (SSSR count). The number of carbonyl (C=O) groups excluding carboxylic acids is 1. The number of para-hydroxylation sites is 1. The Morgan fingerprint density at radius 2 is 2.10 bits per heavy atom. The van der Waals surface area contributed by atoms with E-state index in [0.29, 0.717) is 18.1 Å². The van der Waals surface area contributed by atoms with Crippen LogP contribution in [0.1, 0.15) is 11.1 Å². The summed E-state index contributed by atoms with van der Waals surface area (Å²) in [5, 5.41) is 3.56. The van der Waals surface area contributed by atoms with Gasteiger partial charge in [0, 0.05) is 10.7 Å². The van der Waals surface area contributed by atoms with Crippen LogP contribution in [0.5, 0.6) is 5.75 Å². The number of benzene rings is 2. The average Bonchev–Trinajstić information content (AvgIpc) is 2.50. The number of rotatable bonds is 2. The molecule has 1 atom stereocenters. The van der Waals surface area contributed by atoms with Crippen LogP contribution < -0.4 is 10.1 Å². The van der Waals surface area contributed by atoms with E-state index in [2.05, 4.69) is 5.32 Å². The normalized spacial score (nSPS) is 16.8. The van der Waals surface area contributed by atoms with E-state index < -0.39 is 0 Å². The highest BCUT2D eigenvalue weighted by Gasteiger charge is 2.26. The summed E-state index contributed by atoms with van der Waals surface area (Å²) in [6.45, 7) is 2.35. The molecule has 3 nitrogen and oxygen atoms in total. The molecule has 0 saturated carbocycles. The van der Waals surface area contributed by atoms with Crippen molar-refractivity contribution in [3.8, 4) is 5.75 Å². The van der Waals surface area contributed by atoms with Crippen molar-refractivity contribution in [1.82, 2.24) is 0 Å². The maximum absolute atomic E-state index is 12.4. The van der Waals surface area contributed by atoms with Crippen LogP contribution in [0.25, 0.3) is 0 Å². The van der Waals surface area contributed by atoms with Crippen molar-refractivity contribution in [1.29, 1.82) is 0 Å². The Balaban J connectivity index is 1.74. The van der Waals surface area contributed by atoms with Gasteiger partial charge in [0.1, 0.15) is 12.4 Å². The molecule has 1 amide bonds. The largest absolute Gasteiger partial charge is 0.492 e. The van der Waals surface area contributed by atoms with Crippen molar-refractivity contribution in [3.05, 3.63) is 58.6 Å². The van der Waals surface area contributed by atoms with Crippen molar-refractivity contribution in [2.75, 3.05) is 11.9 Å². The maximum Gasteiger partial charge on any atom is 0.231 e. The Bertz CT molecular complexity index is 684. The van der Waals surface area contributed by atoms with Gasteiger partial charge in [-0.3, -0.25) is 4.79 Å². The quantitative estimate of drug-likeness (QED) is 0.915. The van der Waals surface area contributed by atoms with Gasteiger partial charge >= 0.3 is 0 Å². The first-order valence-electron chi connectivity index (χ1n) is 6.91. The van der Waals surface area contributed by atoms with Crippen molar-refractivity contribution in [2.45, 2.75) is 13.3 Å². The molecule has 1 heterocycles. The summed E-state index contributed by atoms with van der Waals surface area (Å²) in [6.07, 6.45) is 0.696. The van der Waals surface area contributed by atoms with Gasteiger partial charge in [0.15, 0.2) is 0 Å². The lowest BCUT2D eigenvalue weighted by atomic mass is 9.96. The fourth-order valence-corrected chi connectivity index (χ4v) is 2.63. The van der Waals surface area contributed by atoms with Crippen LogP contribution in [0.4, 0.5) is 5.69 Å². The third kappa shape index (κ3) is 3.03. The van der Waals surface area contributed by atoms with E-state index in [9.17, 15) is 4.79 Å². The van der Waals surface area contributed by atoms with Gasteiger partial charge in [-0.25, -0.2) is 0 Å². The smallest absolute Gasteiger partial charge is 0.231 e. The van der Waals surface area contributed by atoms with Crippen LogP contribution in [0.15, 0.2) is 42.5 Å². The molecule has 108 valence electrons. The number of fused-ring (bicyclic) bond motifs is 1. The molecule has 21 heavy (non-hydrogen) atoms. The average molecular weight is 302 g/mol. The molecule has 2 aromatic rings. The first kappa shape index (κ1) is 14.0. The van der Waals surface area contributed by atoms with Crippen LogP contribution in [0.2, 0.25) is 5.02 Å². The lowest BCUT2D eigenvalue weighted by Gasteiger charge is -2.24. The van der Waals surface area contributed by atoms with E-state index in [1.165, 1.54) is 0 Å². The molecule has 0 saturated heterocycles. The zero-order chi connectivity index (χ0) is 14.8. The molecule has 1 N–H and O–H groups in total. The Labute approximate surface area is 128 Å². The summed E-state index contributed by atoms with van der Waals surface area (Å²) >= 11 is 5.98. The highest BCUT2D eigenvalue weighted by Crippen LogP contribution is 2.28. The number of ether oxygens (including phenoxy) is 1. The van der Waals surface area contributed by atoms with Crippen LogP contribution in [-0.2, 0) is 11.2 Å². The zero-order valence-electron chi connectivity index (χ0n) is 11.7. The van der Waals surface area contributed by atoms with Crippen LogP contribution in [-0.4, -0.2) is 12.5 Å². The lowest BCUT2D eigenvalue weighted by molar-refractivity contribution is -0.121. The fourth-order valence-electron chi connectivity index (χ4n) is 2.46. The van der Waals surface area contributed by atoms with Gasteiger partial charge < -0.3 is 10.1 Å². The minimum absolute atomic E-state index is 0.0325. The molecule has 4 heteroatoms. The molecule has 0 fully saturated rings. The summed E-state index contributed by atoms with van der Waals surface area (Å²) in [6, 6.07) is 13.3. The number of aryl methyl sites for hydroxylation is 1. The molecule has 1 aliphatic rings. The van der Waals surface area contributed by atoms with Gasteiger partial charge in [-0.1, -0.05) is 35.9 Å². The van der Waals surface area contributed by atoms with Crippen LogP contribution in [0, 0.1) is 12.8 Å². The van der Waals surface area contributed by atoms with Crippen molar-refractivity contribution in [2.24, 2.45) is 5.92 Å². The van der Waals surface area contributed by atoms with Crippen LogP contribution >= 0.6 is 11.6 Å². The third-order valence-electron chi connectivity index (χ3n) is 3.71. The topological polar surface area (TPSA) is 38.3 Å². The molecule has 2 aromatic carbocycles. The predicted octanol–water partition coefficient (Wildman–Crippen LogP) is 3.84. The number of hydrogen-bond acceptors (Lipinski definition) is 2. The first-order chi connectivity index (χ1) is 10.1.